The molecule has 0 saturated carbocycles. The van der Waals surface area contributed by atoms with Gasteiger partial charge in [-0.05, 0) is 35.4 Å². The Morgan fingerprint density at radius 3 is 2.27 bits per heavy atom. The van der Waals surface area contributed by atoms with E-state index in [1.165, 1.54) is 17.3 Å². The van der Waals surface area contributed by atoms with E-state index >= 15 is 0 Å². The summed E-state index contributed by atoms with van der Waals surface area (Å²) in [4.78, 5) is 24.1. The fraction of sp³-hybridized carbons (Fsp3) is 0.529. The molecule has 1 atom stereocenters. The van der Waals surface area contributed by atoms with Crippen molar-refractivity contribution in [2.75, 3.05) is 0 Å². The van der Waals surface area contributed by atoms with Crippen LogP contribution >= 0.6 is 11.8 Å². The van der Waals surface area contributed by atoms with Crippen molar-refractivity contribution in [2.24, 2.45) is 11.7 Å². The van der Waals surface area contributed by atoms with Crippen molar-refractivity contribution >= 4 is 23.7 Å². The van der Waals surface area contributed by atoms with E-state index in [0.29, 0.717) is 0 Å². The zero-order valence-electron chi connectivity index (χ0n) is 14.2. The molecule has 0 fully saturated rings. The van der Waals surface area contributed by atoms with Crippen molar-refractivity contribution < 1.29 is 9.59 Å². The quantitative estimate of drug-likeness (QED) is 0.832. The van der Waals surface area contributed by atoms with E-state index < -0.39 is 6.03 Å². The Bertz CT molecular complexity index is 562. The zero-order valence-corrected chi connectivity index (χ0v) is 15.0. The Morgan fingerprint density at radius 2 is 1.82 bits per heavy atom. The average molecular weight is 322 g/mol. The van der Waals surface area contributed by atoms with Gasteiger partial charge in [-0.3, -0.25) is 10.1 Å². The summed E-state index contributed by atoms with van der Waals surface area (Å²) in [6.45, 7) is 12.4. The van der Waals surface area contributed by atoms with Crippen LogP contribution in [-0.4, -0.2) is 17.2 Å². The smallest absolute Gasteiger partial charge is 0.318 e. The van der Waals surface area contributed by atoms with Gasteiger partial charge in [0.05, 0.1) is 5.25 Å². The SMILES string of the molecule is Cc1ccc(C(C)(C)C)cc1SC(C(=O)NC(N)=O)C(C)C. The van der Waals surface area contributed by atoms with Crippen LogP contribution in [0.1, 0.15) is 45.7 Å². The summed E-state index contributed by atoms with van der Waals surface area (Å²) < 4.78 is 0. The van der Waals surface area contributed by atoms with Crippen molar-refractivity contribution in [1.82, 2.24) is 5.32 Å². The van der Waals surface area contributed by atoms with Crippen LogP contribution in [0.5, 0.6) is 0 Å². The highest BCUT2D eigenvalue weighted by Crippen LogP contribution is 2.34. The van der Waals surface area contributed by atoms with E-state index in [1.54, 1.807) is 0 Å². The largest absolute Gasteiger partial charge is 0.351 e. The Balaban J connectivity index is 3.08. The van der Waals surface area contributed by atoms with Crippen molar-refractivity contribution in [3.05, 3.63) is 29.3 Å². The van der Waals surface area contributed by atoms with Gasteiger partial charge in [-0.15, -0.1) is 11.8 Å². The first kappa shape index (κ1) is 18.6. The van der Waals surface area contributed by atoms with Crippen molar-refractivity contribution in [1.29, 1.82) is 0 Å². The van der Waals surface area contributed by atoms with Gasteiger partial charge in [0.1, 0.15) is 0 Å². The first-order valence-corrected chi connectivity index (χ1v) is 8.28. The molecule has 3 N–H and O–H groups in total. The van der Waals surface area contributed by atoms with Gasteiger partial charge in [0, 0.05) is 4.90 Å². The summed E-state index contributed by atoms with van der Waals surface area (Å²) in [5, 5.41) is 1.83. The maximum atomic E-state index is 12.2. The lowest BCUT2D eigenvalue weighted by molar-refractivity contribution is -0.120. The first-order valence-electron chi connectivity index (χ1n) is 7.40. The number of hydrogen-bond acceptors (Lipinski definition) is 3. The topological polar surface area (TPSA) is 72.2 Å². The number of hydrogen-bond donors (Lipinski definition) is 2. The van der Waals surface area contributed by atoms with E-state index in [9.17, 15) is 9.59 Å². The minimum atomic E-state index is -0.809. The molecule has 1 aromatic rings. The normalized spacial score (nSPS) is 13.0. The Hall–Kier alpha value is -1.49. The van der Waals surface area contributed by atoms with Crippen molar-refractivity contribution in [3.63, 3.8) is 0 Å². The molecular weight excluding hydrogens is 296 g/mol. The van der Waals surface area contributed by atoms with Crippen LogP contribution < -0.4 is 11.1 Å². The fourth-order valence-electron chi connectivity index (χ4n) is 2.02. The number of carbonyl (C=O) groups is 2. The Kier molecular flexibility index (Phi) is 6.06. The van der Waals surface area contributed by atoms with Crippen molar-refractivity contribution in [3.8, 4) is 0 Å². The number of imide groups is 1. The van der Waals surface area contributed by atoms with Crippen LogP contribution in [0.4, 0.5) is 4.79 Å². The molecule has 0 aliphatic heterocycles. The fourth-order valence-corrected chi connectivity index (χ4v) is 3.18. The minimum absolute atomic E-state index is 0.0474. The number of nitrogens with one attached hydrogen (secondary N) is 1. The molecule has 0 aromatic heterocycles. The predicted octanol–water partition coefficient (Wildman–Crippen LogP) is 3.60. The number of primary amides is 1. The van der Waals surface area contributed by atoms with Crippen LogP contribution in [-0.2, 0) is 10.2 Å². The summed E-state index contributed by atoms with van der Waals surface area (Å²) in [5.74, 6) is -0.255. The first-order chi connectivity index (χ1) is 10.0. The Morgan fingerprint density at radius 1 is 1.23 bits per heavy atom. The summed E-state index contributed by atoms with van der Waals surface area (Å²) in [5.41, 5.74) is 7.44. The maximum Gasteiger partial charge on any atom is 0.318 e. The average Bonchev–Trinajstić information content (AvgIpc) is 2.34. The number of benzene rings is 1. The number of carbonyl (C=O) groups excluding carboxylic acids is 2. The molecule has 1 rings (SSSR count). The summed E-state index contributed by atoms with van der Waals surface area (Å²) >= 11 is 1.48. The summed E-state index contributed by atoms with van der Waals surface area (Å²) in [6.07, 6.45) is 0. The molecule has 0 spiro atoms. The van der Waals surface area contributed by atoms with Gasteiger partial charge in [-0.25, -0.2) is 4.79 Å². The maximum absolute atomic E-state index is 12.2. The number of thioether (sulfide) groups is 1. The number of amides is 3. The number of nitrogens with two attached hydrogens (primary N) is 1. The van der Waals surface area contributed by atoms with E-state index in [4.69, 9.17) is 5.73 Å². The van der Waals surface area contributed by atoms with Crippen LogP contribution in [0.15, 0.2) is 23.1 Å². The third-order valence-corrected chi connectivity index (χ3v) is 5.12. The second-order valence-corrected chi connectivity index (χ2v) is 8.05. The zero-order chi connectivity index (χ0) is 17.1. The second kappa shape index (κ2) is 7.18. The molecule has 4 nitrogen and oxygen atoms in total. The molecule has 0 radical (unpaired) electrons. The number of aryl methyl sites for hydroxylation is 1. The van der Waals surface area contributed by atoms with Gasteiger partial charge in [-0.2, -0.15) is 0 Å². The molecule has 0 aliphatic rings. The molecule has 5 heteroatoms. The van der Waals surface area contributed by atoms with E-state index in [1.807, 2.05) is 20.8 Å². The second-order valence-electron chi connectivity index (χ2n) is 6.87. The molecule has 0 heterocycles. The van der Waals surface area contributed by atoms with Gasteiger partial charge in [0.25, 0.3) is 0 Å². The molecule has 1 unspecified atom stereocenters. The Labute approximate surface area is 137 Å². The van der Waals surface area contributed by atoms with Gasteiger partial charge in [-0.1, -0.05) is 46.8 Å². The van der Waals surface area contributed by atoms with E-state index in [-0.39, 0.29) is 22.5 Å². The third kappa shape index (κ3) is 5.05. The predicted molar refractivity (Wildman–Crippen MR) is 92.1 cm³/mol. The third-order valence-electron chi connectivity index (χ3n) is 3.42. The highest BCUT2D eigenvalue weighted by Gasteiger charge is 2.26. The molecule has 122 valence electrons. The number of urea groups is 1. The van der Waals surface area contributed by atoms with Crippen LogP contribution in [0.3, 0.4) is 0 Å². The summed E-state index contributed by atoms with van der Waals surface area (Å²) in [6, 6.07) is 5.52. The summed E-state index contributed by atoms with van der Waals surface area (Å²) in [7, 11) is 0. The van der Waals surface area contributed by atoms with Crippen LogP contribution in [0.2, 0.25) is 0 Å². The lowest BCUT2D eigenvalue weighted by Crippen LogP contribution is -2.42. The van der Waals surface area contributed by atoms with E-state index in [2.05, 4.69) is 44.3 Å². The molecule has 3 amide bonds. The van der Waals surface area contributed by atoms with Gasteiger partial charge >= 0.3 is 6.03 Å². The monoisotopic (exact) mass is 322 g/mol. The van der Waals surface area contributed by atoms with Crippen LogP contribution in [0, 0.1) is 12.8 Å². The van der Waals surface area contributed by atoms with Gasteiger partial charge in [0.2, 0.25) is 5.91 Å². The molecule has 1 aromatic carbocycles. The standard InChI is InChI=1S/C17H26N2O2S/c1-10(2)14(15(20)19-16(18)21)22-13-9-12(17(4,5)6)8-7-11(13)3/h7-10,14H,1-6H3,(H3,18,19,20,21). The minimum Gasteiger partial charge on any atom is -0.351 e. The molecule has 0 saturated heterocycles. The van der Waals surface area contributed by atoms with Crippen LogP contribution in [0.25, 0.3) is 0 Å². The highest BCUT2D eigenvalue weighted by atomic mass is 32.2. The lowest BCUT2D eigenvalue weighted by Gasteiger charge is -2.23. The molecule has 0 aliphatic carbocycles. The van der Waals surface area contributed by atoms with Crippen molar-refractivity contribution in [2.45, 2.75) is 57.1 Å². The molecule has 0 bridgehead atoms. The molecule has 22 heavy (non-hydrogen) atoms. The van der Waals surface area contributed by atoms with Gasteiger partial charge < -0.3 is 5.73 Å². The van der Waals surface area contributed by atoms with Gasteiger partial charge in [0.15, 0.2) is 0 Å². The number of rotatable bonds is 4. The van der Waals surface area contributed by atoms with E-state index in [0.717, 1.165) is 10.5 Å². The molecular formula is C17H26N2O2S. The lowest BCUT2D eigenvalue weighted by atomic mass is 9.87. The highest BCUT2D eigenvalue weighted by molar-refractivity contribution is 8.00.